The van der Waals surface area contributed by atoms with E-state index in [9.17, 15) is 4.79 Å². The summed E-state index contributed by atoms with van der Waals surface area (Å²) in [6.07, 6.45) is 4.11. The van der Waals surface area contributed by atoms with Gasteiger partial charge in [-0.2, -0.15) is 0 Å². The Labute approximate surface area is 119 Å². The highest BCUT2D eigenvalue weighted by molar-refractivity contribution is 6.03. The maximum atomic E-state index is 13.0. The van der Waals surface area contributed by atoms with Gasteiger partial charge < -0.3 is 9.47 Å². The lowest BCUT2D eigenvalue weighted by molar-refractivity contribution is 0.0692. The number of carbonyl (C=O) groups is 1. The molecule has 1 aliphatic carbocycles. The molecule has 1 saturated carbocycles. The second-order valence-corrected chi connectivity index (χ2v) is 5.82. The van der Waals surface area contributed by atoms with Gasteiger partial charge in [-0.05, 0) is 45.1 Å². The molecule has 0 saturated heterocycles. The van der Waals surface area contributed by atoms with Gasteiger partial charge in [0.15, 0.2) is 17.3 Å². The van der Waals surface area contributed by atoms with Crippen LogP contribution in [0.3, 0.4) is 0 Å². The molecule has 0 N–H and O–H groups in total. The van der Waals surface area contributed by atoms with Gasteiger partial charge in [0.1, 0.15) is 13.2 Å². The number of Topliss-reactive ketones (excluding diaryl/α,β-unsaturated/α-hetero) is 1. The molecular formula is C16H21NO3. The third-order valence-electron chi connectivity index (χ3n) is 4.51. The molecule has 0 bridgehead atoms. The Kier molecular flexibility index (Phi) is 3.42. The van der Waals surface area contributed by atoms with Gasteiger partial charge in [-0.25, -0.2) is 0 Å². The minimum absolute atomic E-state index is 0.206. The van der Waals surface area contributed by atoms with E-state index in [1.54, 1.807) is 0 Å². The van der Waals surface area contributed by atoms with Crippen molar-refractivity contribution in [1.82, 2.24) is 4.90 Å². The molecule has 4 nitrogen and oxygen atoms in total. The van der Waals surface area contributed by atoms with Crippen molar-refractivity contribution in [3.8, 4) is 11.5 Å². The Balaban J connectivity index is 1.93. The maximum absolute atomic E-state index is 13.0. The van der Waals surface area contributed by atoms with E-state index in [2.05, 4.69) is 4.90 Å². The number of nitrogens with zero attached hydrogens (tertiary/aromatic N) is 1. The first kappa shape index (κ1) is 13.4. The standard InChI is InChI=1S/C16H21NO3/c1-17(2)16(7-3-4-8-16)15(18)12-5-6-13-14(11-12)20-10-9-19-13/h5-6,11H,3-4,7-10H2,1-2H3. The van der Waals surface area contributed by atoms with E-state index in [0.717, 1.165) is 37.0 Å². The zero-order valence-electron chi connectivity index (χ0n) is 12.1. The molecule has 1 aromatic rings. The predicted octanol–water partition coefficient (Wildman–Crippen LogP) is 2.51. The van der Waals surface area contributed by atoms with Crippen molar-refractivity contribution < 1.29 is 14.3 Å². The second-order valence-electron chi connectivity index (χ2n) is 5.82. The van der Waals surface area contributed by atoms with Crippen LogP contribution in [-0.2, 0) is 0 Å². The van der Waals surface area contributed by atoms with Crippen molar-refractivity contribution >= 4 is 5.78 Å². The number of likely N-dealkylation sites (N-methyl/N-ethyl adjacent to an activating group) is 1. The van der Waals surface area contributed by atoms with Crippen molar-refractivity contribution in [1.29, 1.82) is 0 Å². The number of fused-ring (bicyclic) bond motifs is 1. The number of rotatable bonds is 3. The fraction of sp³-hybridized carbons (Fsp3) is 0.562. The second kappa shape index (κ2) is 5.09. The number of ketones is 1. The monoisotopic (exact) mass is 275 g/mol. The molecule has 0 unspecified atom stereocenters. The summed E-state index contributed by atoms with van der Waals surface area (Å²) >= 11 is 0. The van der Waals surface area contributed by atoms with E-state index in [4.69, 9.17) is 9.47 Å². The summed E-state index contributed by atoms with van der Waals surface area (Å²) in [5.41, 5.74) is 0.383. The summed E-state index contributed by atoms with van der Waals surface area (Å²) in [6, 6.07) is 5.54. The normalized spacial score (nSPS) is 20.1. The third kappa shape index (κ3) is 2.08. The Hall–Kier alpha value is -1.55. The van der Waals surface area contributed by atoms with Crippen LogP contribution in [-0.4, -0.2) is 43.5 Å². The highest BCUT2D eigenvalue weighted by Crippen LogP contribution is 2.38. The molecule has 20 heavy (non-hydrogen) atoms. The Morgan fingerprint density at radius 2 is 1.75 bits per heavy atom. The minimum atomic E-state index is -0.343. The average molecular weight is 275 g/mol. The van der Waals surface area contributed by atoms with E-state index in [1.807, 2.05) is 32.3 Å². The fourth-order valence-corrected chi connectivity index (χ4v) is 3.29. The van der Waals surface area contributed by atoms with E-state index in [-0.39, 0.29) is 11.3 Å². The lowest BCUT2D eigenvalue weighted by atomic mass is 9.86. The molecule has 0 atom stereocenters. The van der Waals surface area contributed by atoms with Crippen molar-refractivity contribution in [3.63, 3.8) is 0 Å². The van der Waals surface area contributed by atoms with E-state index in [1.165, 1.54) is 0 Å². The number of hydrogen-bond donors (Lipinski definition) is 0. The number of benzene rings is 1. The van der Waals surface area contributed by atoms with Gasteiger partial charge in [0.2, 0.25) is 0 Å². The highest BCUT2D eigenvalue weighted by Gasteiger charge is 2.43. The summed E-state index contributed by atoms with van der Waals surface area (Å²) in [4.78, 5) is 15.0. The Morgan fingerprint density at radius 1 is 1.10 bits per heavy atom. The zero-order chi connectivity index (χ0) is 14.2. The van der Waals surface area contributed by atoms with Gasteiger partial charge in [0, 0.05) is 5.56 Å². The molecular weight excluding hydrogens is 254 g/mol. The van der Waals surface area contributed by atoms with Crippen molar-refractivity contribution in [2.75, 3.05) is 27.3 Å². The SMILES string of the molecule is CN(C)C1(C(=O)c2ccc3c(c2)OCCO3)CCCC1. The van der Waals surface area contributed by atoms with Gasteiger partial charge in [-0.3, -0.25) is 9.69 Å². The van der Waals surface area contributed by atoms with Crippen LogP contribution < -0.4 is 9.47 Å². The maximum Gasteiger partial charge on any atom is 0.183 e. The Morgan fingerprint density at radius 3 is 2.40 bits per heavy atom. The molecule has 0 spiro atoms. The molecule has 4 heteroatoms. The van der Waals surface area contributed by atoms with Crippen LogP contribution in [0.1, 0.15) is 36.0 Å². The number of hydrogen-bond acceptors (Lipinski definition) is 4. The lowest BCUT2D eigenvalue weighted by Gasteiger charge is -2.35. The molecule has 1 fully saturated rings. The summed E-state index contributed by atoms with van der Waals surface area (Å²) in [5.74, 6) is 1.63. The van der Waals surface area contributed by atoms with Gasteiger partial charge in [-0.1, -0.05) is 12.8 Å². The molecule has 108 valence electrons. The molecule has 0 amide bonds. The van der Waals surface area contributed by atoms with Crippen molar-refractivity contribution in [3.05, 3.63) is 23.8 Å². The predicted molar refractivity (Wildman–Crippen MR) is 76.6 cm³/mol. The van der Waals surface area contributed by atoms with Gasteiger partial charge in [0.25, 0.3) is 0 Å². The van der Waals surface area contributed by atoms with E-state index >= 15 is 0 Å². The molecule has 0 radical (unpaired) electrons. The fourth-order valence-electron chi connectivity index (χ4n) is 3.29. The van der Waals surface area contributed by atoms with E-state index < -0.39 is 0 Å². The largest absolute Gasteiger partial charge is 0.486 e. The van der Waals surface area contributed by atoms with Crippen LogP contribution in [0.4, 0.5) is 0 Å². The average Bonchev–Trinajstić information content (AvgIpc) is 2.97. The minimum Gasteiger partial charge on any atom is -0.486 e. The third-order valence-corrected chi connectivity index (χ3v) is 4.51. The smallest absolute Gasteiger partial charge is 0.183 e. The molecule has 2 aliphatic rings. The van der Waals surface area contributed by atoms with Crippen LogP contribution in [0.15, 0.2) is 18.2 Å². The quantitative estimate of drug-likeness (QED) is 0.795. The topological polar surface area (TPSA) is 38.8 Å². The lowest BCUT2D eigenvalue weighted by Crippen LogP contribution is -2.48. The summed E-state index contributed by atoms with van der Waals surface area (Å²) in [7, 11) is 4.00. The van der Waals surface area contributed by atoms with Crippen LogP contribution in [0.25, 0.3) is 0 Å². The first-order chi connectivity index (χ1) is 9.63. The molecule has 1 aromatic carbocycles. The van der Waals surface area contributed by atoms with Crippen LogP contribution in [0, 0.1) is 0 Å². The van der Waals surface area contributed by atoms with Gasteiger partial charge in [0.05, 0.1) is 5.54 Å². The van der Waals surface area contributed by atoms with Crippen molar-refractivity contribution in [2.24, 2.45) is 0 Å². The van der Waals surface area contributed by atoms with Gasteiger partial charge >= 0.3 is 0 Å². The summed E-state index contributed by atoms with van der Waals surface area (Å²) < 4.78 is 11.1. The van der Waals surface area contributed by atoms with Crippen molar-refractivity contribution in [2.45, 2.75) is 31.2 Å². The van der Waals surface area contributed by atoms with Crippen LogP contribution in [0.2, 0.25) is 0 Å². The molecule has 0 aromatic heterocycles. The molecule has 1 aliphatic heterocycles. The van der Waals surface area contributed by atoms with E-state index in [0.29, 0.717) is 19.0 Å². The zero-order valence-corrected chi connectivity index (χ0v) is 12.1. The van der Waals surface area contributed by atoms with Crippen LogP contribution in [0.5, 0.6) is 11.5 Å². The highest BCUT2D eigenvalue weighted by atomic mass is 16.6. The molecule has 3 rings (SSSR count). The Bertz CT molecular complexity index is 518. The van der Waals surface area contributed by atoms with Crippen LogP contribution >= 0.6 is 0 Å². The number of ether oxygens (including phenoxy) is 2. The first-order valence-electron chi connectivity index (χ1n) is 7.25. The first-order valence-corrected chi connectivity index (χ1v) is 7.25. The number of carbonyl (C=O) groups excluding carboxylic acids is 1. The summed E-state index contributed by atoms with van der Waals surface area (Å²) in [5, 5.41) is 0. The summed E-state index contributed by atoms with van der Waals surface area (Å²) in [6.45, 7) is 1.12. The van der Waals surface area contributed by atoms with Gasteiger partial charge in [-0.15, -0.1) is 0 Å². The molecule has 1 heterocycles.